The van der Waals surface area contributed by atoms with Gasteiger partial charge in [-0.1, -0.05) is 0 Å². The molecule has 98 valence electrons. The zero-order chi connectivity index (χ0) is 13.8. The second-order valence-corrected chi connectivity index (χ2v) is 4.07. The molecule has 0 aromatic carbocycles. The molecule has 0 aliphatic rings. The molecular formula is C14H11N5O. The van der Waals surface area contributed by atoms with Gasteiger partial charge in [-0.25, -0.2) is 4.98 Å². The number of hydrogen-bond donors (Lipinski definition) is 1. The molecule has 6 nitrogen and oxygen atoms in total. The molecule has 0 saturated carbocycles. The lowest BCUT2D eigenvalue weighted by Crippen LogP contribution is -2.14. The van der Waals surface area contributed by atoms with E-state index in [4.69, 9.17) is 0 Å². The first-order valence-electron chi connectivity index (χ1n) is 5.99. The fraction of sp³-hybridized carbons (Fsp3) is 0. The number of imidazole rings is 1. The highest BCUT2D eigenvalue weighted by atomic mass is 16.1. The Bertz CT molecular complexity index is 709. The van der Waals surface area contributed by atoms with E-state index in [1.165, 1.54) is 0 Å². The second kappa shape index (κ2) is 5.31. The second-order valence-electron chi connectivity index (χ2n) is 4.07. The molecule has 20 heavy (non-hydrogen) atoms. The van der Waals surface area contributed by atoms with Gasteiger partial charge in [-0.2, -0.15) is 0 Å². The van der Waals surface area contributed by atoms with Crippen LogP contribution in [-0.2, 0) is 0 Å². The molecule has 3 aromatic heterocycles. The molecule has 3 heterocycles. The predicted molar refractivity (Wildman–Crippen MR) is 73.5 cm³/mol. The van der Waals surface area contributed by atoms with Crippen LogP contribution in [0.5, 0.6) is 0 Å². The first-order chi connectivity index (χ1) is 9.83. The molecule has 1 amide bonds. The van der Waals surface area contributed by atoms with Gasteiger partial charge in [0.05, 0.1) is 23.9 Å². The summed E-state index contributed by atoms with van der Waals surface area (Å²) in [7, 11) is 0. The monoisotopic (exact) mass is 265 g/mol. The maximum atomic E-state index is 12.1. The Hall–Kier alpha value is -3.02. The number of rotatable bonds is 3. The number of carbonyl (C=O) groups is 1. The summed E-state index contributed by atoms with van der Waals surface area (Å²) < 4.78 is 1.81. The molecule has 1 N–H and O–H groups in total. The molecule has 3 aromatic rings. The van der Waals surface area contributed by atoms with Crippen molar-refractivity contribution in [2.45, 2.75) is 0 Å². The van der Waals surface area contributed by atoms with Crippen LogP contribution in [0.2, 0.25) is 0 Å². The van der Waals surface area contributed by atoms with Gasteiger partial charge in [0, 0.05) is 24.8 Å². The molecule has 0 saturated heterocycles. The van der Waals surface area contributed by atoms with Crippen molar-refractivity contribution < 1.29 is 4.79 Å². The lowest BCUT2D eigenvalue weighted by atomic mass is 10.3. The number of nitrogens with zero attached hydrogens (tertiary/aromatic N) is 4. The van der Waals surface area contributed by atoms with E-state index in [9.17, 15) is 4.79 Å². The van der Waals surface area contributed by atoms with Gasteiger partial charge in [0.25, 0.3) is 5.91 Å². The van der Waals surface area contributed by atoms with Crippen molar-refractivity contribution in [3.63, 3.8) is 0 Å². The zero-order valence-electron chi connectivity index (χ0n) is 10.5. The van der Waals surface area contributed by atoms with Gasteiger partial charge in [0.2, 0.25) is 0 Å². The topological polar surface area (TPSA) is 72.7 Å². The maximum Gasteiger partial charge on any atom is 0.274 e. The third-order valence-electron chi connectivity index (χ3n) is 2.70. The molecular weight excluding hydrogens is 254 g/mol. The molecule has 6 heteroatoms. The van der Waals surface area contributed by atoms with Crippen molar-refractivity contribution in [2.75, 3.05) is 5.32 Å². The minimum absolute atomic E-state index is 0.278. The van der Waals surface area contributed by atoms with E-state index in [1.807, 2.05) is 10.6 Å². The van der Waals surface area contributed by atoms with Crippen LogP contribution in [0.25, 0.3) is 5.69 Å². The third-order valence-corrected chi connectivity index (χ3v) is 2.70. The quantitative estimate of drug-likeness (QED) is 0.785. The predicted octanol–water partition coefficient (Wildman–Crippen LogP) is 1.91. The molecule has 0 aliphatic carbocycles. The molecule has 0 bridgehead atoms. The van der Waals surface area contributed by atoms with Gasteiger partial charge in [-0.05, 0) is 24.3 Å². The van der Waals surface area contributed by atoms with Gasteiger partial charge in [-0.3, -0.25) is 14.8 Å². The average molecular weight is 265 g/mol. The number of anilines is 1. The fourth-order valence-corrected chi connectivity index (χ4v) is 1.75. The Morgan fingerprint density at radius 2 is 2.10 bits per heavy atom. The van der Waals surface area contributed by atoms with Crippen LogP contribution in [-0.4, -0.2) is 25.4 Å². The smallest absolute Gasteiger partial charge is 0.274 e. The summed E-state index contributed by atoms with van der Waals surface area (Å²) in [6, 6.07) is 7.03. The number of carbonyl (C=O) groups excluding carboxylic acids is 1. The van der Waals surface area contributed by atoms with Crippen molar-refractivity contribution in [1.82, 2.24) is 19.5 Å². The number of nitrogens with one attached hydrogen (secondary N) is 1. The van der Waals surface area contributed by atoms with Crippen LogP contribution in [0.1, 0.15) is 10.5 Å². The van der Waals surface area contributed by atoms with E-state index in [-0.39, 0.29) is 5.91 Å². The molecule has 0 unspecified atom stereocenters. The van der Waals surface area contributed by atoms with E-state index in [0.717, 1.165) is 5.69 Å². The van der Waals surface area contributed by atoms with Crippen molar-refractivity contribution >= 4 is 11.6 Å². The SMILES string of the molecule is O=C(Nc1cccnc1)c1cc(-n2ccnc2)ccn1. The van der Waals surface area contributed by atoms with Crippen LogP contribution >= 0.6 is 0 Å². The maximum absolute atomic E-state index is 12.1. The van der Waals surface area contributed by atoms with Crippen LogP contribution in [0, 0.1) is 0 Å². The fourth-order valence-electron chi connectivity index (χ4n) is 1.75. The summed E-state index contributed by atoms with van der Waals surface area (Å²) in [5.74, 6) is -0.278. The first-order valence-corrected chi connectivity index (χ1v) is 5.99. The average Bonchev–Trinajstić information content (AvgIpc) is 3.03. The Labute approximate surface area is 115 Å². The molecule has 3 rings (SSSR count). The van der Waals surface area contributed by atoms with E-state index in [2.05, 4.69) is 20.3 Å². The molecule has 0 radical (unpaired) electrons. The lowest BCUT2D eigenvalue weighted by molar-refractivity contribution is 0.102. The standard InChI is InChI=1S/C14H11N5O/c20-14(18-11-2-1-4-15-9-11)13-8-12(3-5-17-13)19-7-6-16-10-19/h1-10H,(H,18,20). The highest BCUT2D eigenvalue weighted by Gasteiger charge is 2.09. The van der Waals surface area contributed by atoms with E-state index < -0.39 is 0 Å². The van der Waals surface area contributed by atoms with Crippen LogP contribution in [0.15, 0.2) is 61.6 Å². The minimum atomic E-state index is -0.278. The normalized spacial score (nSPS) is 10.2. The highest BCUT2D eigenvalue weighted by molar-refractivity contribution is 6.03. The summed E-state index contributed by atoms with van der Waals surface area (Å²) in [5.41, 5.74) is 1.79. The Kier molecular flexibility index (Phi) is 3.20. The van der Waals surface area contributed by atoms with Crippen molar-refractivity contribution in [3.8, 4) is 5.69 Å². The molecule has 0 aliphatic heterocycles. The van der Waals surface area contributed by atoms with E-state index >= 15 is 0 Å². The Morgan fingerprint density at radius 1 is 1.15 bits per heavy atom. The van der Waals surface area contributed by atoms with Gasteiger partial charge in [-0.15, -0.1) is 0 Å². The summed E-state index contributed by atoms with van der Waals surface area (Å²) in [6.07, 6.45) is 9.96. The van der Waals surface area contributed by atoms with Crippen molar-refractivity contribution in [2.24, 2.45) is 0 Å². The highest BCUT2D eigenvalue weighted by Crippen LogP contribution is 2.10. The van der Waals surface area contributed by atoms with Gasteiger partial charge in [0.15, 0.2) is 0 Å². The summed E-state index contributed by atoms with van der Waals surface area (Å²) in [4.78, 5) is 24.1. The van der Waals surface area contributed by atoms with E-state index in [1.54, 1.807) is 55.5 Å². The summed E-state index contributed by atoms with van der Waals surface area (Å²) in [6.45, 7) is 0. The zero-order valence-corrected chi connectivity index (χ0v) is 10.5. The Balaban J connectivity index is 1.84. The molecule has 0 atom stereocenters. The summed E-state index contributed by atoms with van der Waals surface area (Å²) >= 11 is 0. The van der Waals surface area contributed by atoms with Crippen molar-refractivity contribution in [3.05, 3.63) is 67.3 Å². The van der Waals surface area contributed by atoms with Crippen molar-refractivity contribution in [1.29, 1.82) is 0 Å². The first kappa shape index (κ1) is 12.0. The molecule has 0 fully saturated rings. The number of amides is 1. The van der Waals surface area contributed by atoms with Crippen LogP contribution in [0.3, 0.4) is 0 Å². The van der Waals surface area contributed by atoms with Crippen LogP contribution < -0.4 is 5.32 Å². The number of pyridine rings is 2. The van der Waals surface area contributed by atoms with E-state index in [0.29, 0.717) is 11.4 Å². The lowest BCUT2D eigenvalue weighted by Gasteiger charge is -2.06. The number of hydrogen-bond acceptors (Lipinski definition) is 4. The summed E-state index contributed by atoms with van der Waals surface area (Å²) in [5, 5.41) is 2.74. The Morgan fingerprint density at radius 3 is 2.85 bits per heavy atom. The van der Waals surface area contributed by atoms with Crippen LogP contribution in [0.4, 0.5) is 5.69 Å². The van der Waals surface area contributed by atoms with Gasteiger partial charge in [0.1, 0.15) is 5.69 Å². The minimum Gasteiger partial charge on any atom is -0.319 e. The number of aromatic nitrogens is 4. The third kappa shape index (κ3) is 2.54. The van der Waals surface area contributed by atoms with Gasteiger partial charge < -0.3 is 9.88 Å². The molecule has 0 spiro atoms. The largest absolute Gasteiger partial charge is 0.319 e. The van der Waals surface area contributed by atoms with Gasteiger partial charge >= 0.3 is 0 Å².